The van der Waals surface area contributed by atoms with E-state index < -0.39 is 13.0 Å². The highest BCUT2D eigenvalue weighted by Crippen LogP contribution is 2.11. The van der Waals surface area contributed by atoms with Crippen molar-refractivity contribution in [2.45, 2.75) is 6.43 Å². The molecule has 0 fully saturated rings. The lowest BCUT2D eigenvalue weighted by Crippen LogP contribution is -2.07. The molecule has 0 aliphatic carbocycles. The van der Waals surface area contributed by atoms with Crippen molar-refractivity contribution < 1.29 is 13.5 Å². The van der Waals surface area contributed by atoms with Crippen molar-refractivity contribution in [3.8, 4) is 5.88 Å². The largest absolute Gasteiger partial charge is 0.472 e. The standard InChI is InChI=1S/C7H6ClF2NO/c8-5-1-2-7(11-3-5)12-4-6(9)10/h1-3,6H,4H2. The predicted molar refractivity (Wildman–Crippen MR) is 40.7 cm³/mol. The fraction of sp³-hybridized carbons (Fsp3) is 0.286. The number of rotatable bonds is 3. The van der Waals surface area contributed by atoms with E-state index in [1.807, 2.05) is 0 Å². The van der Waals surface area contributed by atoms with Crippen molar-refractivity contribution in [1.82, 2.24) is 4.98 Å². The summed E-state index contributed by atoms with van der Waals surface area (Å²) in [5.41, 5.74) is 0. The van der Waals surface area contributed by atoms with Crippen molar-refractivity contribution in [2.75, 3.05) is 6.61 Å². The lowest BCUT2D eigenvalue weighted by atomic mass is 10.5. The van der Waals surface area contributed by atoms with Crippen LogP contribution >= 0.6 is 11.6 Å². The van der Waals surface area contributed by atoms with Gasteiger partial charge in [0.2, 0.25) is 5.88 Å². The number of hydrogen-bond acceptors (Lipinski definition) is 2. The molecule has 0 aliphatic heterocycles. The van der Waals surface area contributed by atoms with Crippen LogP contribution in [0.3, 0.4) is 0 Å². The molecule has 1 rings (SSSR count). The highest BCUT2D eigenvalue weighted by molar-refractivity contribution is 6.30. The number of nitrogens with zero attached hydrogens (tertiary/aromatic N) is 1. The Balaban J connectivity index is 2.48. The number of halogens is 3. The summed E-state index contributed by atoms with van der Waals surface area (Å²) in [5.74, 6) is 0.153. The monoisotopic (exact) mass is 193 g/mol. The van der Waals surface area contributed by atoms with Gasteiger partial charge in [-0.15, -0.1) is 0 Å². The number of ether oxygens (including phenoxy) is 1. The van der Waals surface area contributed by atoms with Crippen LogP contribution < -0.4 is 4.74 Å². The molecule has 0 bridgehead atoms. The maximum atomic E-state index is 11.6. The Hall–Kier alpha value is -0.900. The minimum absolute atomic E-state index is 0.153. The first-order valence-corrected chi connectivity index (χ1v) is 3.59. The minimum Gasteiger partial charge on any atom is -0.472 e. The van der Waals surface area contributed by atoms with Crippen LogP contribution in [0.1, 0.15) is 0 Å². The van der Waals surface area contributed by atoms with Gasteiger partial charge in [-0.3, -0.25) is 0 Å². The lowest BCUT2D eigenvalue weighted by Gasteiger charge is -2.02. The molecule has 1 aromatic rings. The second kappa shape index (κ2) is 4.21. The Kier molecular flexibility index (Phi) is 3.22. The molecule has 2 nitrogen and oxygen atoms in total. The zero-order chi connectivity index (χ0) is 8.97. The summed E-state index contributed by atoms with van der Waals surface area (Å²) in [6.07, 6.45) is -1.15. The molecule has 0 amide bonds. The molecule has 0 saturated heterocycles. The topological polar surface area (TPSA) is 22.1 Å². The van der Waals surface area contributed by atoms with Gasteiger partial charge in [-0.2, -0.15) is 0 Å². The molecule has 5 heteroatoms. The van der Waals surface area contributed by atoms with Crippen LogP contribution in [0.5, 0.6) is 5.88 Å². The van der Waals surface area contributed by atoms with E-state index in [9.17, 15) is 8.78 Å². The van der Waals surface area contributed by atoms with Crippen molar-refractivity contribution in [1.29, 1.82) is 0 Å². The van der Waals surface area contributed by atoms with Crippen LogP contribution in [-0.2, 0) is 0 Å². The Morgan fingerprint density at radius 2 is 2.25 bits per heavy atom. The Labute approximate surface area is 73.1 Å². The van der Waals surface area contributed by atoms with Crippen molar-refractivity contribution in [3.63, 3.8) is 0 Å². The van der Waals surface area contributed by atoms with Crippen molar-refractivity contribution in [3.05, 3.63) is 23.4 Å². The molecule has 0 N–H and O–H groups in total. The summed E-state index contributed by atoms with van der Waals surface area (Å²) in [6.45, 7) is -0.644. The second-order valence-corrected chi connectivity index (χ2v) is 2.45. The van der Waals surface area contributed by atoms with Gasteiger partial charge in [0, 0.05) is 12.3 Å². The van der Waals surface area contributed by atoms with Crippen LogP contribution in [0.2, 0.25) is 5.02 Å². The summed E-state index contributed by atoms with van der Waals surface area (Å²) in [6, 6.07) is 2.96. The van der Waals surface area contributed by atoms with Crippen molar-refractivity contribution in [2.24, 2.45) is 0 Å². The average molecular weight is 194 g/mol. The van der Waals surface area contributed by atoms with E-state index >= 15 is 0 Å². The summed E-state index contributed by atoms with van der Waals surface area (Å²) >= 11 is 5.51. The zero-order valence-electron chi connectivity index (χ0n) is 6.01. The fourth-order valence-electron chi connectivity index (χ4n) is 0.596. The smallest absolute Gasteiger partial charge is 0.272 e. The number of hydrogen-bond donors (Lipinski definition) is 0. The van der Waals surface area contributed by atoms with Gasteiger partial charge in [-0.05, 0) is 6.07 Å². The molecule has 12 heavy (non-hydrogen) atoms. The van der Waals surface area contributed by atoms with Gasteiger partial charge >= 0.3 is 0 Å². The van der Waals surface area contributed by atoms with Gasteiger partial charge in [0.05, 0.1) is 5.02 Å². The maximum absolute atomic E-state index is 11.6. The van der Waals surface area contributed by atoms with Crippen LogP contribution in [0.25, 0.3) is 0 Å². The summed E-state index contributed by atoms with van der Waals surface area (Å²) in [7, 11) is 0. The van der Waals surface area contributed by atoms with Gasteiger partial charge in [0.25, 0.3) is 6.43 Å². The molecule has 1 aromatic heterocycles. The number of alkyl halides is 2. The van der Waals surface area contributed by atoms with E-state index in [0.29, 0.717) is 5.02 Å². The SMILES string of the molecule is FC(F)COc1ccc(Cl)cn1. The van der Waals surface area contributed by atoms with Crippen LogP contribution in [0.4, 0.5) is 8.78 Å². The molecule has 0 unspecified atom stereocenters. The van der Waals surface area contributed by atoms with E-state index in [0.717, 1.165) is 0 Å². The first-order chi connectivity index (χ1) is 5.68. The average Bonchev–Trinajstić information content (AvgIpc) is 2.03. The Bertz CT molecular complexity index is 240. The third kappa shape index (κ3) is 3.00. The first kappa shape index (κ1) is 9.19. The molecule has 0 spiro atoms. The Morgan fingerprint density at radius 1 is 1.50 bits per heavy atom. The summed E-state index contributed by atoms with van der Waals surface area (Å²) < 4.78 is 27.8. The highest BCUT2D eigenvalue weighted by Gasteiger charge is 2.03. The molecule has 0 radical (unpaired) electrons. The fourth-order valence-corrected chi connectivity index (χ4v) is 0.708. The van der Waals surface area contributed by atoms with E-state index in [4.69, 9.17) is 11.6 Å². The molecule has 0 atom stereocenters. The molecule has 0 saturated carbocycles. The van der Waals surface area contributed by atoms with Crippen LogP contribution in [0, 0.1) is 0 Å². The van der Waals surface area contributed by atoms with Gasteiger partial charge in [0.15, 0.2) is 6.61 Å². The van der Waals surface area contributed by atoms with E-state index in [1.165, 1.54) is 18.3 Å². The normalized spacial score (nSPS) is 10.3. The van der Waals surface area contributed by atoms with Crippen LogP contribution in [0.15, 0.2) is 18.3 Å². The number of pyridine rings is 1. The third-order valence-corrected chi connectivity index (χ3v) is 1.28. The Morgan fingerprint density at radius 3 is 2.75 bits per heavy atom. The number of aromatic nitrogens is 1. The van der Waals surface area contributed by atoms with E-state index in [-0.39, 0.29) is 5.88 Å². The first-order valence-electron chi connectivity index (χ1n) is 3.21. The van der Waals surface area contributed by atoms with Crippen LogP contribution in [-0.4, -0.2) is 18.0 Å². The summed E-state index contributed by atoms with van der Waals surface area (Å²) in [5, 5.41) is 0.444. The van der Waals surface area contributed by atoms with Gasteiger partial charge < -0.3 is 4.74 Å². The molecule has 0 aromatic carbocycles. The molecule has 1 heterocycles. The molecular weight excluding hydrogens is 188 g/mol. The van der Waals surface area contributed by atoms with Gasteiger partial charge in [-0.1, -0.05) is 11.6 Å². The summed E-state index contributed by atoms with van der Waals surface area (Å²) in [4.78, 5) is 3.66. The second-order valence-electron chi connectivity index (χ2n) is 2.02. The van der Waals surface area contributed by atoms with E-state index in [2.05, 4.69) is 9.72 Å². The molecule has 0 aliphatic rings. The molecular formula is C7H6ClF2NO. The quantitative estimate of drug-likeness (QED) is 0.735. The predicted octanol–water partition coefficient (Wildman–Crippen LogP) is 2.38. The maximum Gasteiger partial charge on any atom is 0.272 e. The van der Waals surface area contributed by atoms with Crippen molar-refractivity contribution >= 4 is 11.6 Å². The van der Waals surface area contributed by atoms with Gasteiger partial charge in [0.1, 0.15) is 0 Å². The van der Waals surface area contributed by atoms with Gasteiger partial charge in [-0.25, -0.2) is 13.8 Å². The van der Waals surface area contributed by atoms with E-state index in [1.54, 1.807) is 0 Å². The zero-order valence-corrected chi connectivity index (χ0v) is 6.76. The minimum atomic E-state index is -2.48. The lowest BCUT2D eigenvalue weighted by molar-refractivity contribution is 0.0796. The highest BCUT2D eigenvalue weighted by atomic mass is 35.5. The third-order valence-electron chi connectivity index (χ3n) is 1.06. The molecule has 66 valence electrons.